The molecule has 3 heterocycles. The molecule has 2 N–H and O–H groups in total. The van der Waals surface area contributed by atoms with Crippen LogP contribution in [0.5, 0.6) is 5.75 Å². The molecule has 0 aliphatic carbocycles. The number of hydrogen-bond acceptors (Lipinski definition) is 5. The first kappa shape index (κ1) is 18.7. The van der Waals surface area contributed by atoms with Crippen LogP contribution in [0.3, 0.4) is 0 Å². The number of carboxylic acids is 1. The molecule has 1 aliphatic rings. The fourth-order valence-corrected chi connectivity index (χ4v) is 3.63. The molecule has 0 bridgehead atoms. The number of aryl methyl sites for hydroxylation is 2. The third-order valence-electron chi connectivity index (χ3n) is 4.89. The Kier molecular flexibility index (Phi) is 4.57. The summed E-state index contributed by atoms with van der Waals surface area (Å²) in [7, 11) is 0. The molecule has 9 heteroatoms. The van der Waals surface area contributed by atoms with Crippen LogP contribution in [-0.4, -0.2) is 42.9 Å². The minimum absolute atomic E-state index is 0.0804. The molecule has 1 amide bonds. The molecule has 9 nitrogen and oxygen atoms in total. The molecule has 0 unspecified atom stereocenters. The van der Waals surface area contributed by atoms with E-state index in [0.29, 0.717) is 48.0 Å². The molecule has 0 saturated heterocycles. The summed E-state index contributed by atoms with van der Waals surface area (Å²) in [5.41, 5.74) is 2.37. The highest BCUT2D eigenvalue weighted by molar-refractivity contribution is 6.04. The van der Waals surface area contributed by atoms with Crippen LogP contribution in [-0.2, 0) is 6.54 Å². The molecule has 1 aliphatic heterocycles. The number of aromatic carboxylic acids is 1. The Labute approximate surface area is 166 Å². The molecule has 29 heavy (non-hydrogen) atoms. The van der Waals surface area contributed by atoms with E-state index in [0.717, 1.165) is 5.69 Å². The highest BCUT2D eigenvalue weighted by Crippen LogP contribution is 2.38. The Morgan fingerprint density at radius 1 is 1.41 bits per heavy atom. The van der Waals surface area contributed by atoms with E-state index in [4.69, 9.17) is 4.74 Å². The molecular formula is C20H21N5O4. The minimum Gasteiger partial charge on any atom is -0.489 e. The Balaban J connectivity index is 1.82. The number of aromatic nitrogens is 4. The first-order valence-electron chi connectivity index (χ1n) is 9.31. The van der Waals surface area contributed by atoms with Gasteiger partial charge in [-0.25, -0.2) is 9.78 Å². The summed E-state index contributed by atoms with van der Waals surface area (Å²) in [4.78, 5) is 28.9. The maximum Gasteiger partial charge on any atom is 0.335 e. The highest BCUT2D eigenvalue weighted by Gasteiger charge is 2.29. The van der Waals surface area contributed by atoms with Gasteiger partial charge in [0.25, 0.3) is 5.91 Å². The normalized spacial score (nSPS) is 15.2. The second-order valence-electron chi connectivity index (χ2n) is 6.88. The number of allylic oxidation sites excluding steroid dienone is 1. The fourth-order valence-electron chi connectivity index (χ4n) is 3.63. The zero-order valence-electron chi connectivity index (χ0n) is 16.2. The number of carboxylic acid groups (broad SMARTS) is 1. The lowest BCUT2D eigenvalue weighted by Crippen LogP contribution is -2.25. The Morgan fingerprint density at radius 2 is 2.21 bits per heavy atom. The zero-order valence-corrected chi connectivity index (χ0v) is 16.2. The Bertz CT molecular complexity index is 1140. The second-order valence-corrected chi connectivity index (χ2v) is 6.88. The quantitative estimate of drug-likeness (QED) is 0.621. The standard InChI is InChI=1S/C20H21N5O4/c1-4-6-13-10-29-16-9-12(19(27)28)8-14-17(16)25(13)20(21-14)22-18(26)15-7-11(3)23-24(15)5-2/h4,7-9,13H,1,5-6,10H2,2-3H3,(H,27,28)(H,21,22,26)/t13-/m0/s1. The number of ether oxygens (including phenoxy) is 1. The number of benzene rings is 1. The number of hydrogen-bond donors (Lipinski definition) is 2. The van der Waals surface area contributed by atoms with Gasteiger partial charge in [-0.2, -0.15) is 5.10 Å². The van der Waals surface area contributed by atoms with Gasteiger partial charge in [0.15, 0.2) is 0 Å². The van der Waals surface area contributed by atoms with Gasteiger partial charge in [-0.05, 0) is 38.5 Å². The van der Waals surface area contributed by atoms with Crippen molar-refractivity contribution in [2.75, 3.05) is 11.9 Å². The van der Waals surface area contributed by atoms with Crippen LogP contribution in [0, 0.1) is 6.92 Å². The maximum absolute atomic E-state index is 12.9. The van der Waals surface area contributed by atoms with Crippen LogP contribution >= 0.6 is 0 Å². The number of anilines is 1. The van der Waals surface area contributed by atoms with E-state index in [9.17, 15) is 14.7 Å². The van der Waals surface area contributed by atoms with E-state index in [1.807, 2.05) is 18.4 Å². The molecule has 0 saturated carbocycles. The van der Waals surface area contributed by atoms with Crippen LogP contribution in [0.1, 0.15) is 45.9 Å². The van der Waals surface area contributed by atoms with Crippen molar-refractivity contribution in [2.45, 2.75) is 32.9 Å². The summed E-state index contributed by atoms with van der Waals surface area (Å²) >= 11 is 0. The Morgan fingerprint density at radius 3 is 2.90 bits per heavy atom. The molecular weight excluding hydrogens is 374 g/mol. The summed E-state index contributed by atoms with van der Waals surface area (Å²) in [6, 6.07) is 4.56. The molecule has 1 atom stereocenters. The monoisotopic (exact) mass is 395 g/mol. The minimum atomic E-state index is -1.07. The lowest BCUT2D eigenvalue weighted by atomic mass is 10.1. The maximum atomic E-state index is 12.9. The van der Waals surface area contributed by atoms with Crippen LogP contribution in [0.15, 0.2) is 30.9 Å². The summed E-state index contributed by atoms with van der Waals surface area (Å²) in [6.45, 7) is 8.42. The number of imidazole rings is 1. The topological polar surface area (TPSA) is 111 Å². The predicted molar refractivity (Wildman–Crippen MR) is 107 cm³/mol. The molecule has 3 aromatic rings. The highest BCUT2D eigenvalue weighted by atomic mass is 16.5. The molecule has 4 rings (SSSR count). The number of amides is 1. The van der Waals surface area contributed by atoms with Gasteiger partial charge < -0.3 is 9.84 Å². The van der Waals surface area contributed by atoms with Crippen LogP contribution < -0.4 is 10.1 Å². The first-order valence-corrected chi connectivity index (χ1v) is 9.31. The van der Waals surface area contributed by atoms with Gasteiger partial charge in [0, 0.05) is 6.54 Å². The molecule has 0 radical (unpaired) electrons. The van der Waals surface area contributed by atoms with Gasteiger partial charge in [0.05, 0.1) is 22.8 Å². The van der Waals surface area contributed by atoms with Crippen LogP contribution in [0.2, 0.25) is 0 Å². The van der Waals surface area contributed by atoms with E-state index in [1.165, 1.54) is 12.1 Å². The zero-order chi connectivity index (χ0) is 20.7. The molecule has 2 aromatic heterocycles. The second kappa shape index (κ2) is 7.08. The van der Waals surface area contributed by atoms with Gasteiger partial charge >= 0.3 is 5.97 Å². The average molecular weight is 395 g/mol. The van der Waals surface area contributed by atoms with Crippen molar-refractivity contribution in [1.29, 1.82) is 0 Å². The molecule has 0 fully saturated rings. The van der Waals surface area contributed by atoms with Crippen molar-refractivity contribution in [1.82, 2.24) is 19.3 Å². The Hall–Kier alpha value is -3.62. The first-order chi connectivity index (χ1) is 13.9. The summed E-state index contributed by atoms with van der Waals surface area (Å²) in [6.07, 6.45) is 2.39. The van der Waals surface area contributed by atoms with E-state index in [-0.39, 0.29) is 17.5 Å². The summed E-state index contributed by atoms with van der Waals surface area (Å²) in [5.74, 6) is -0.626. The van der Waals surface area contributed by atoms with Crippen molar-refractivity contribution in [3.63, 3.8) is 0 Å². The molecule has 150 valence electrons. The SMILES string of the molecule is C=CC[C@H]1COc2cc(C(=O)O)cc3nc(NC(=O)c4cc(C)nn4CC)n1c23. The van der Waals surface area contributed by atoms with Crippen molar-refractivity contribution in [3.8, 4) is 5.75 Å². The van der Waals surface area contributed by atoms with Crippen molar-refractivity contribution < 1.29 is 19.4 Å². The number of nitrogens with one attached hydrogen (secondary N) is 1. The third-order valence-corrected chi connectivity index (χ3v) is 4.89. The lowest BCUT2D eigenvalue weighted by molar-refractivity contribution is 0.0696. The number of carbonyl (C=O) groups excluding carboxylic acids is 1. The van der Waals surface area contributed by atoms with Crippen LogP contribution in [0.25, 0.3) is 11.0 Å². The number of rotatable bonds is 6. The average Bonchev–Trinajstić information content (AvgIpc) is 3.25. The third kappa shape index (κ3) is 3.14. The summed E-state index contributed by atoms with van der Waals surface area (Å²) < 4.78 is 9.31. The largest absolute Gasteiger partial charge is 0.489 e. The van der Waals surface area contributed by atoms with Crippen molar-refractivity contribution in [2.24, 2.45) is 0 Å². The van der Waals surface area contributed by atoms with Gasteiger partial charge in [-0.3, -0.25) is 19.4 Å². The predicted octanol–water partition coefficient (Wildman–Crippen LogP) is 3.02. The van der Waals surface area contributed by atoms with Crippen molar-refractivity contribution >= 4 is 28.9 Å². The van der Waals surface area contributed by atoms with E-state index in [2.05, 4.69) is 22.0 Å². The van der Waals surface area contributed by atoms with Gasteiger partial charge in [-0.15, -0.1) is 6.58 Å². The van der Waals surface area contributed by atoms with Crippen molar-refractivity contribution in [3.05, 3.63) is 47.8 Å². The summed E-state index contributed by atoms with van der Waals surface area (Å²) in [5, 5.41) is 16.5. The van der Waals surface area contributed by atoms with Gasteiger partial charge in [0.2, 0.25) is 5.95 Å². The van der Waals surface area contributed by atoms with E-state index >= 15 is 0 Å². The molecule has 0 spiro atoms. The number of carbonyl (C=O) groups is 2. The van der Waals surface area contributed by atoms with E-state index in [1.54, 1.807) is 16.8 Å². The number of nitrogens with zero attached hydrogens (tertiary/aromatic N) is 4. The van der Waals surface area contributed by atoms with Gasteiger partial charge in [0.1, 0.15) is 23.6 Å². The van der Waals surface area contributed by atoms with Gasteiger partial charge in [-0.1, -0.05) is 6.08 Å². The van der Waals surface area contributed by atoms with Crippen LogP contribution in [0.4, 0.5) is 5.95 Å². The molecule has 1 aromatic carbocycles. The van der Waals surface area contributed by atoms with E-state index < -0.39 is 5.97 Å². The fraction of sp³-hybridized carbons (Fsp3) is 0.300. The lowest BCUT2D eigenvalue weighted by Gasteiger charge is -2.26. The smallest absolute Gasteiger partial charge is 0.335 e.